The molecular weight excluding hydrogens is 465 g/mol. The molecule has 32 heavy (non-hydrogen) atoms. The summed E-state index contributed by atoms with van der Waals surface area (Å²) in [6, 6.07) is 15.9. The molecule has 0 aliphatic heterocycles. The smallest absolute Gasteiger partial charge is 0.265 e. The number of nitrogens with one attached hydrogen (secondary N) is 1. The number of halogens is 1. The number of amides is 1. The lowest BCUT2D eigenvalue weighted by atomic mass is 10.2. The van der Waals surface area contributed by atoms with Gasteiger partial charge in [-0.15, -0.1) is 21.5 Å². The third kappa shape index (κ3) is 4.29. The van der Waals surface area contributed by atoms with Crippen molar-refractivity contribution < 1.29 is 9.18 Å². The van der Waals surface area contributed by atoms with Crippen molar-refractivity contribution in [2.24, 2.45) is 0 Å². The van der Waals surface area contributed by atoms with Crippen LogP contribution in [0.5, 0.6) is 0 Å². The topological polar surface area (TPSA) is 72.7 Å². The van der Waals surface area contributed by atoms with E-state index in [0.29, 0.717) is 11.4 Å². The molecule has 5 aromatic rings. The van der Waals surface area contributed by atoms with E-state index in [9.17, 15) is 9.18 Å². The predicted octanol–water partition coefficient (Wildman–Crippen LogP) is 5.85. The average molecular weight is 482 g/mol. The highest BCUT2D eigenvalue weighted by molar-refractivity contribution is 8.01. The molecule has 2 aromatic carbocycles. The van der Waals surface area contributed by atoms with Crippen molar-refractivity contribution in [1.82, 2.24) is 20.0 Å². The van der Waals surface area contributed by atoms with E-state index in [2.05, 4.69) is 20.6 Å². The van der Waals surface area contributed by atoms with Crippen LogP contribution in [0, 0.1) is 12.7 Å². The van der Waals surface area contributed by atoms with Crippen molar-refractivity contribution in [3.63, 3.8) is 0 Å². The highest BCUT2D eigenvalue weighted by Gasteiger charge is 2.18. The average Bonchev–Trinajstić information content (AvgIpc) is 3.51. The first-order valence-electron chi connectivity index (χ1n) is 9.62. The summed E-state index contributed by atoms with van der Waals surface area (Å²) in [5.41, 5.74) is 4.19. The van der Waals surface area contributed by atoms with Crippen LogP contribution in [0.2, 0.25) is 0 Å². The Morgan fingerprint density at radius 3 is 2.78 bits per heavy atom. The predicted molar refractivity (Wildman–Crippen MR) is 126 cm³/mol. The number of fused-ring (bicyclic) bond motifs is 1. The van der Waals surface area contributed by atoms with Gasteiger partial charge in [0.1, 0.15) is 16.2 Å². The number of anilines is 1. The maximum Gasteiger partial charge on any atom is 0.265 e. The Kier molecular flexibility index (Phi) is 5.73. The standard InChI is InChI=1S/C22H16FN5OS3/c1-13-16-10-19(31-21(16)28(27-13)11-14-6-8-15(23)9-7-14)20(29)25-17-4-2-3-5-18(17)32-22-26-24-12-30-22/h2-10,12H,11H2,1H3,(H,25,29). The van der Waals surface area contributed by atoms with Gasteiger partial charge in [0.15, 0.2) is 4.34 Å². The van der Waals surface area contributed by atoms with E-state index in [0.717, 1.165) is 36.4 Å². The first-order chi connectivity index (χ1) is 15.6. The Labute approximate surface area is 195 Å². The third-order valence-corrected chi connectivity index (χ3v) is 7.75. The summed E-state index contributed by atoms with van der Waals surface area (Å²) in [7, 11) is 0. The van der Waals surface area contributed by atoms with E-state index >= 15 is 0 Å². The van der Waals surface area contributed by atoms with Gasteiger partial charge in [0, 0.05) is 10.3 Å². The molecule has 6 nitrogen and oxygen atoms in total. The molecule has 0 saturated carbocycles. The second-order valence-electron chi connectivity index (χ2n) is 6.96. The summed E-state index contributed by atoms with van der Waals surface area (Å²) in [6.45, 7) is 2.43. The molecule has 0 bridgehead atoms. The first kappa shape index (κ1) is 20.8. The van der Waals surface area contributed by atoms with Crippen LogP contribution in [0.1, 0.15) is 20.9 Å². The van der Waals surface area contributed by atoms with Crippen LogP contribution < -0.4 is 5.32 Å². The minimum absolute atomic E-state index is 0.177. The minimum atomic E-state index is -0.268. The summed E-state index contributed by atoms with van der Waals surface area (Å²) in [4.78, 5) is 15.5. The van der Waals surface area contributed by atoms with Crippen molar-refractivity contribution >= 4 is 56.2 Å². The van der Waals surface area contributed by atoms with Gasteiger partial charge in [-0.3, -0.25) is 9.48 Å². The SMILES string of the molecule is Cc1nn(Cc2ccc(F)cc2)c2sc(C(=O)Nc3ccccc3Sc3nncs3)cc12. The number of aryl methyl sites for hydroxylation is 1. The molecule has 0 atom stereocenters. The van der Waals surface area contributed by atoms with Gasteiger partial charge in [0.05, 0.1) is 22.8 Å². The molecule has 0 aliphatic carbocycles. The third-order valence-electron chi connectivity index (χ3n) is 4.75. The van der Waals surface area contributed by atoms with Gasteiger partial charge in [-0.1, -0.05) is 47.4 Å². The first-order valence-corrected chi connectivity index (χ1v) is 12.1. The highest BCUT2D eigenvalue weighted by atomic mass is 32.2. The zero-order valence-corrected chi connectivity index (χ0v) is 19.2. The number of aromatic nitrogens is 4. The summed E-state index contributed by atoms with van der Waals surface area (Å²) in [5.74, 6) is -0.445. The lowest BCUT2D eigenvalue weighted by Gasteiger charge is -2.08. The number of benzene rings is 2. The van der Waals surface area contributed by atoms with Crippen molar-refractivity contribution in [3.05, 3.63) is 82.1 Å². The van der Waals surface area contributed by atoms with E-state index in [1.807, 2.05) is 41.9 Å². The Morgan fingerprint density at radius 2 is 2.00 bits per heavy atom. The summed E-state index contributed by atoms with van der Waals surface area (Å²) < 4.78 is 15.9. The molecular formula is C22H16FN5OS3. The molecule has 3 heterocycles. The summed E-state index contributed by atoms with van der Waals surface area (Å²) in [6.07, 6.45) is 0. The fourth-order valence-corrected chi connectivity index (χ4v) is 5.82. The normalized spacial score (nSPS) is 11.2. The van der Waals surface area contributed by atoms with E-state index in [1.54, 1.807) is 17.6 Å². The minimum Gasteiger partial charge on any atom is -0.320 e. The van der Waals surface area contributed by atoms with Gasteiger partial charge >= 0.3 is 0 Å². The van der Waals surface area contributed by atoms with Crippen LogP contribution in [0.15, 0.2) is 69.3 Å². The largest absolute Gasteiger partial charge is 0.320 e. The number of nitrogens with zero attached hydrogens (tertiary/aromatic N) is 4. The molecule has 0 aliphatic rings. The maximum absolute atomic E-state index is 13.2. The second-order valence-corrected chi connectivity index (χ2v) is 10.1. The molecule has 0 radical (unpaired) electrons. The van der Waals surface area contributed by atoms with E-state index in [1.165, 1.54) is 46.6 Å². The van der Waals surface area contributed by atoms with Crippen LogP contribution in [0.4, 0.5) is 10.1 Å². The lowest BCUT2D eigenvalue weighted by Crippen LogP contribution is -2.10. The number of carbonyl (C=O) groups excluding carboxylic acids is 1. The molecule has 3 aromatic heterocycles. The number of para-hydroxylation sites is 1. The fourth-order valence-electron chi connectivity index (χ4n) is 3.24. The van der Waals surface area contributed by atoms with Crippen LogP contribution in [-0.2, 0) is 6.54 Å². The zero-order chi connectivity index (χ0) is 22.1. The highest BCUT2D eigenvalue weighted by Crippen LogP contribution is 2.35. The van der Waals surface area contributed by atoms with Gasteiger partial charge in [0.2, 0.25) is 0 Å². The molecule has 160 valence electrons. The molecule has 5 rings (SSSR count). The van der Waals surface area contributed by atoms with Crippen LogP contribution in [-0.4, -0.2) is 25.9 Å². The molecule has 1 amide bonds. The maximum atomic E-state index is 13.2. The van der Waals surface area contributed by atoms with E-state index in [4.69, 9.17) is 0 Å². The number of thiophene rings is 1. The van der Waals surface area contributed by atoms with Crippen molar-refractivity contribution in [1.29, 1.82) is 0 Å². The molecule has 0 saturated heterocycles. The molecule has 0 fully saturated rings. The zero-order valence-electron chi connectivity index (χ0n) is 16.8. The quantitative estimate of drug-likeness (QED) is 0.329. The van der Waals surface area contributed by atoms with Gasteiger partial charge in [-0.05, 0) is 42.8 Å². The van der Waals surface area contributed by atoms with Crippen LogP contribution in [0.25, 0.3) is 10.2 Å². The summed E-state index contributed by atoms with van der Waals surface area (Å²) >= 11 is 4.31. The van der Waals surface area contributed by atoms with Gasteiger partial charge in [-0.25, -0.2) is 4.39 Å². The van der Waals surface area contributed by atoms with Crippen LogP contribution >= 0.6 is 34.4 Å². The Balaban J connectivity index is 1.40. The molecule has 1 N–H and O–H groups in total. The summed E-state index contributed by atoms with van der Waals surface area (Å²) in [5, 5.41) is 16.5. The number of hydrogen-bond donors (Lipinski definition) is 1. The monoisotopic (exact) mass is 481 g/mol. The molecule has 10 heteroatoms. The van der Waals surface area contributed by atoms with E-state index < -0.39 is 0 Å². The van der Waals surface area contributed by atoms with Crippen molar-refractivity contribution in [2.45, 2.75) is 22.7 Å². The number of carbonyl (C=O) groups is 1. The lowest BCUT2D eigenvalue weighted by molar-refractivity contribution is 0.103. The number of rotatable bonds is 6. The van der Waals surface area contributed by atoms with E-state index in [-0.39, 0.29) is 11.7 Å². The van der Waals surface area contributed by atoms with Crippen molar-refractivity contribution in [3.8, 4) is 0 Å². The van der Waals surface area contributed by atoms with Gasteiger partial charge in [-0.2, -0.15) is 5.10 Å². The van der Waals surface area contributed by atoms with Crippen molar-refractivity contribution in [2.75, 3.05) is 5.32 Å². The Morgan fingerprint density at radius 1 is 1.19 bits per heavy atom. The Bertz CT molecular complexity index is 1390. The van der Waals surface area contributed by atoms with Crippen LogP contribution in [0.3, 0.4) is 0 Å². The molecule has 0 spiro atoms. The van der Waals surface area contributed by atoms with Gasteiger partial charge < -0.3 is 5.32 Å². The fraction of sp³-hybridized carbons (Fsp3) is 0.0909. The Hall–Kier alpha value is -3.08. The van der Waals surface area contributed by atoms with Gasteiger partial charge in [0.25, 0.3) is 5.91 Å². The second kappa shape index (κ2) is 8.81. The molecule has 0 unspecified atom stereocenters. The number of hydrogen-bond acceptors (Lipinski definition) is 7.